The van der Waals surface area contributed by atoms with Crippen LogP contribution in [0, 0.1) is 12.8 Å². The van der Waals surface area contributed by atoms with E-state index in [4.69, 9.17) is 4.74 Å². The summed E-state index contributed by atoms with van der Waals surface area (Å²) in [6, 6.07) is 7.72. The molecule has 7 heteroatoms. The zero-order valence-electron chi connectivity index (χ0n) is 17.0. The molecule has 1 aromatic heterocycles. The van der Waals surface area contributed by atoms with E-state index in [1.165, 1.54) is 11.3 Å². The van der Waals surface area contributed by atoms with Crippen molar-refractivity contribution in [2.45, 2.75) is 46.5 Å². The number of carbonyl (C=O) groups excluding carboxylic acids is 3. The van der Waals surface area contributed by atoms with E-state index in [-0.39, 0.29) is 30.8 Å². The van der Waals surface area contributed by atoms with Crippen LogP contribution in [-0.2, 0) is 27.2 Å². The van der Waals surface area contributed by atoms with Gasteiger partial charge in [-0.1, -0.05) is 25.1 Å². The minimum Gasteiger partial charge on any atom is -0.462 e. The molecule has 2 heterocycles. The van der Waals surface area contributed by atoms with Crippen LogP contribution in [-0.4, -0.2) is 24.4 Å². The lowest BCUT2D eigenvalue weighted by Gasteiger charge is -2.24. The van der Waals surface area contributed by atoms with Crippen LogP contribution in [0.25, 0.3) is 0 Å². The second-order valence-electron chi connectivity index (χ2n) is 7.05. The normalized spacial score (nSPS) is 15.4. The van der Waals surface area contributed by atoms with Crippen molar-refractivity contribution in [1.29, 1.82) is 0 Å². The van der Waals surface area contributed by atoms with Gasteiger partial charge in [-0.2, -0.15) is 0 Å². The van der Waals surface area contributed by atoms with Gasteiger partial charge in [0.05, 0.1) is 12.2 Å². The van der Waals surface area contributed by atoms with Gasteiger partial charge in [-0.05, 0) is 50.3 Å². The summed E-state index contributed by atoms with van der Waals surface area (Å²) in [5, 5.41) is 6.31. The summed E-state index contributed by atoms with van der Waals surface area (Å²) >= 11 is 1.39. The van der Waals surface area contributed by atoms with E-state index in [1.54, 1.807) is 6.92 Å². The number of thiophene rings is 1. The third kappa shape index (κ3) is 4.67. The molecule has 1 aliphatic heterocycles. The largest absolute Gasteiger partial charge is 0.462 e. The summed E-state index contributed by atoms with van der Waals surface area (Å²) in [4.78, 5) is 38.3. The Morgan fingerprint density at radius 1 is 1.28 bits per heavy atom. The molecule has 0 spiro atoms. The van der Waals surface area contributed by atoms with E-state index in [1.807, 2.05) is 38.1 Å². The smallest absolute Gasteiger partial charge is 0.341 e. The maximum Gasteiger partial charge on any atom is 0.341 e. The average Bonchev–Trinajstić information content (AvgIpc) is 3.01. The zero-order valence-corrected chi connectivity index (χ0v) is 17.8. The molecule has 1 aliphatic rings. The molecule has 0 aliphatic carbocycles. The molecule has 29 heavy (non-hydrogen) atoms. The molecule has 6 nitrogen and oxygen atoms in total. The molecule has 0 bridgehead atoms. The van der Waals surface area contributed by atoms with Gasteiger partial charge in [-0.15, -0.1) is 11.3 Å². The molecule has 0 saturated heterocycles. The Morgan fingerprint density at radius 2 is 2.03 bits per heavy atom. The molecule has 3 rings (SSSR count). The average molecular weight is 415 g/mol. The number of nitrogens with one attached hydrogen (secondary N) is 2. The highest BCUT2D eigenvalue weighted by Crippen LogP contribution is 2.34. The molecule has 0 radical (unpaired) electrons. The van der Waals surface area contributed by atoms with Crippen molar-refractivity contribution in [2.24, 2.45) is 5.92 Å². The van der Waals surface area contributed by atoms with Gasteiger partial charge in [-0.3, -0.25) is 9.59 Å². The van der Waals surface area contributed by atoms with Crippen molar-refractivity contribution < 1.29 is 19.1 Å². The van der Waals surface area contributed by atoms with E-state index in [0.717, 1.165) is 21.7 Å². The van der Waals surface area contributed by atoms with Crippen molar-refractivity contribution >= 4 is 39.8 Å². The van der Waals surface area contributed by atoms with Crippen LogP contribution in [0.4, 0.5) is 10.7 Å². The maximum atomic E-state index is 12.6. The third-order valence-electron chi connectivity index (χ3n) is 5.13. The minimum atomic E-state index is -0.410. The van der Waals surface area contributed by atoms with Crippen LogP contribution >= 0.6 is 11.3 Å². The Hall–Kier alpha value is -2.67. The quantitative estimate of drug-likeness (QED) is 0.661. The summed E-state index contributed by atoms with van der Waals surface area (Å²) in [7, 11) is 0. The standard InChI is InChI=1S/C22H26N2O4S/c1-4-16-13(3)29-21(19(16)22(27)28-5-2)24-18(25)11-10-15-12-14-8-6-7-9-17(14)23-20(15)26/h6-9,15H,4-5,10-12H2,1-3H3,(H,23,26)(H,24,25). The Kier molecular flexibility index (Phi) is 6.69. The van der Waals surface area contributed by atoms with Gasteiger partial charge in [0.1, 0.15) is 5.00 Å². The highest BCUT2D eigenvalue weighted by Gasteiger charge is 2.27. The first-order chi connectivity index (χ1) is 13.9. The van der Waals surface area contributed by atoms with Gasteiger partial charge in [0, 0.05) is 22.9 Å². The van der Waals surface area contributed by atoms with Crippen LogP contribution in [0.15, 0.2) is 24.3 Å². The number of esters is 1. The van der Waals surface area contributed by atoms with Crippen molar-refractivity contribution in [3.63, 3.8) is 0 Å². The molecular weight excluding hydrogens is 388 g/mol. The molecule has 1 atom stereocenters. The van der Waals surface area contributed by atoms with E-state index in [0.29, 0.717) is 29.8 Å². The highest BCUT2D eigenvalue weighted by atomic mass is 32.1. The molecule has 154 valence electrons. The first kappa shape index (κ1) is 21.0. The fourth-order valence-electron chi connectivity index (χ4n) is 3.65. The Morgan fingerprint density at radius 3 is 2.76 bits per heavy atom. The van der Waals surface area contributed by atoms with E-state index in [9.17, 15) is 14.4 Å². The van der Waals surface area contributed by atoms with Gasteiger partial charge in [0.2, 0.25) is 11.8 Å². The predicted molar refractivity (Wildman–Crippen MR) is 115 cm³/mol. The molecule has 0 saturated carbocycles. The summed E-state index contributed by atoms with van der Waals surface area (Å²) in [5.74, 6) is -0.904. The highest BCUT2D eigenvalue weighted by molar-refractivity contribution is 7.16. The molecule has 2 amide bonds. The van der Waals surface area contributed by atoms with Crippen LogP contribution in [0.3, 0.4) is 0 Å². The van der Waals surface area contributed by atoms with Crippen molar-refractivity contribution in [3.05, 3.63) is 45.8 Å². The molecule has 1 aromatic carbocycles. The maximum absolute atomic E-state index is 12.6. The van der Waals surface area contributed by atoms with Crippen molar-refractivity contribution in [3.8, 4) is 0 Å². The second kappa shape index (κ2) is 9.22. The van der Waals surface area contributed by atoms with E-state index in [2.05, 4.69) is 10.6 Å². The number of carbonyl (C=O) groups is 3. The number of fused-ring (bicyclic) bond motifs is 1. The lowest BCUT2D eigenvalue weighted by atomic mass is 9.89. The number of para-hydroxylation sites is 1. The van der Waals surface area contributed by atoms with Crippen molar-refractivity contribution in [2.75, 3.05) is 17.2 Å². The summed E-state index contributed by atoms with van der Waals surface area (Å²) in [5.41, 5.74) is 3.29. The summed E-state index contributed by atoms with van der Waals surface area (Å²) in [6.07, 6.45) is 1.97. The van der Waals surface area contributed by atoms with Gasteiger partial charge < -0.3 is 15.4 Å². The van der Waals surface area contributed by atoms with Crippen LogP contribution in [0.5, 0.6) is 0 Å². The number of benzene rings is 1. The van der Waals surface area contributed by atoms with Gasteiger partial charge >= 0.3 is 5.97 Å². The molecule has 0 fully saturated rings. The number of hydrogen-bond acceptors (Lipinski definition) is 5. The van der Waals surface area contributed by atoms with E-state index < -0.39 is 5.97 Å². The van der Waals surface area contributed by atoms with Gasteiger partial charge in [0.15, 0.2) is 0 Å². The molecule has 2 aromatic rings. The van der Waals surface area contributed by atoms with Gasteiger partial charge in [0.25, 0.3) is 0 Å². The number of anilines is 2. The third-order valence-corrected chi connectivity index (χ3v) is 6.19. The molecule has 2 N–H and O–H groups in total. The van der Waals surface area contributed by atoms with Crippen LogP contribution in [0.1, 0.15) is 53.1 Å². The first-order valence-corrected chi connectivity index (χ1v) is 10.7. The summed E-state index contributed by atoms with van der Waals surface area (Å²) in [6.45, 7) is 5.95. The van der Waals surface area contributed by atoms with Crippen molar-refractivity contribution in [1.82, 2.24) is 0 Å². The van der Waals surface area contributed by atoms with Gasteiger partial charge in [-0.25, -0.2) is 4.79 Å². The van der Waals surface area contributed by atoms with Crippen LogP contribution < -0.4 is 10.6 Å². The SMILES string of the molecule is CCOC(=O)c1c(NC(=O)CCC2Cc3ccccc3NC2=O)sc(C)c1CC. The fraction of sp³-hybridized carbons (Fsp3) is 0.409. The number of rotatable bonds is 7. The zero-order chi connectivity index (χ0) is 21.0. The Bertz CT molecular complexity index is 935. The second-order valence-corrected chi connectivity index (χ2v) is 8.27. The summed E-state index contributed by atoms with van der Waals surface area (Å²) < 4.78 is 5.17. The predicted octanol–water partition coefficient (Wildman–Crippen LogP) is 4.33. The first-order valence-electron chi connectivity index (χ1n) is 9.92. The van der Waals surface area contributed by atoms with E-state index >= 15 is 0 Å². The lowest BCUT2D eigenvalue weighted by molar-refractivity contribution is -0.121. The Labute approximate surface area is 174 Å². The number of aryl methyl sites for hydroxylation is 1. The Balaban J connectivity index is 1.66. The lowest BCUT2D eigenvalue weighted by Crippen LogP contribution is -2.30. The molecule has 1 unspecified atom stereocenters. The fourth-order valence-corrected chi connectivity index (χ4v) is 4.80. The number of hydrogen-bond donors (Lipinski definition) is 2. The number of amides is 2. The minimum absolute atomic E-state index is 0.0519. The topological polar surface area (TPSA) is 84.5 Å². The monoisotopic (exact) mass is 414 g/mol. The number of ether oxygens (including phenoxy) is 1. The molecular formula is C22H26N2O4S. The van der Waals surface area contributed by atoms with Crippen LogP contribution in [0.2, 0.25) is 0 Å².